The van der Waals surface area contributed by atoms with Crippen molar-refractivity contribution in [2.75, 3.05) is 20.2 Å². The summed E-state index contributed by atoms with van der Waals surface area (Å²) in [5, 5.41) is 23.7. The quantitative estimate of drug-likeness (QED) is 0.521. The van der Waals surface area contributed by atoms with Crippen LogP contribution in [0.3, 0.4) is 0 Å². The van der Waals surface area contributed by atoms with Gasteiger partial charge >= 0.3 is 0 Å². The van der Waals surface area contributed by atoms with Gasteiger partial charge in [-0.2, -0.15) is 0 Å². The third-order valence-electron chi connectivity index (χ3n) is 2.92. The number of amides is 1. The molecule has 0 heterocycles. The molecule has 1 rings (SSSR count). The molecule has 0 unspecified atom stereocenters. The van der Waals surface area contributed by atoms with Crippen LogP contribution in [0.15, 0.2) is 24.3 Å². The van der Waals surface area contributed by atoms with Gasteiger partial charge in [-0.15, -0.1) is 0 Å². The average molecular weight is 304 g/mol. The molecule has 6 nitrogen and oxygen atoms in total. The molecule has 0 aliphatic heterocycles. The Balaban J connectivity index is 2.77. The van der Waals surface area contributed by atoms with E-state index in [1.54, 1.807) is 31.3 Å². The lowest BCUT2D eigenvalue weighted by Gasteiger charge is -2.19. The van der Waals surface area contributed by atoms with Crippen LogP contribution in [0.5, 0.6) is 0 Å². The molecule has 0 fully saturated rings. The fourth-order valence-electron chi connectivity index (χ4n) is 1.73. The topological polar surface area (TPSA) is 98.7 Å². The third kappa shape index (κ3) is 5.30. The molecule has 118 valence electrons. The van der Waals surface area contributed by atoms with Crippen molar-refractivity contribution < 1.29 is 19.8 Å². The van der Waals surface area contributed by atoms with Crippen LogP contribution in [0.25, 0.3) is 0 Å². The van der Waals surface area contributed by atoms with Gasteiger partial charge in [0.2, 0.25) is 0 Å². The number of hydrogen-bond acceptors (Lipinski definition) is 5. The van der Waals surface area contributed by atoms with Gasteiger partial charge in [0, 0.05) is 11.1 Å². The predicted octanol–water partition coefficient (Wildman–Crippen LogP) is -0.702. The summed E-state index contributed by atoms with van der Waals surface area (Å²) in [7, 11) is 1.80. The first kappa shape index (κ1) is 17.9. The summed E-state index contributed by atoms with van der Waals surface area (Å²) >= 11 is 0. The molecular weight excluding hydrogens is 284 g/mol. The number of benzene rings is 1. The van der Waals surface area contributed by atoms with Gasteiger partial charge in [0.05, 0.1) is 12.6 Å². The Morgan fingerprint density at radius 3 is 2.41 bits per heavy atom. The molecule has 0 spiro atoms. The fraction of sp³-hybridized carbons (Fsp3) is 0.375. The Bertz CT molecular complexity index is 570. The van der Waals surface area contributed by atoms with Crippen molar-refractivity contribution in [3.63, 3.8) is 0 Å². The Labute approximate surface area is 129 Å². The Morgan fingerprint density at radius 1 is 1.27 bits per heavy atom. The predicted molar refractivity (Wildman–Crippen MR) is 82.3 cm³/mol. The molecule has 0 saturated heterocycles. The van der Waals surface area contributed by atoms with E-state index >= 15 is 0 Å². The normalized spacial score (nSPS) is 12.7. The van der Waals surface area contributed by atoms with Crippen LogP contribution in [-0.4, -0.2) is 54.2 Å². The standard InChI is InChI=1S/C16H20N2O4/c1-11(20)15(14(21)10-19)18-16(22)13-7-5-12(6-8-13)4-3-9-17-2/h5-8,11,15,17,19-20H,9-10H2,1-2H3,(H,18,22)/t11-,15+/m1/s1. The van der Waals surface area contributed by atoms with Crippen LogP contribution in [0, 0.1) is 11.8 Å². The van der Waals surface area contributed by atoms with E-state index in [1.807, 2.05) is 0 Å². The van der Waals surface area contributed by atoms with Crippen molar-refractivity contribution in [1.82, 2.24) is 10.6 Å². The third-order valence-corrected chi connectivity index (χ3v) is 2.92. The van der Waals surface area contributed by atoms with Gasteiger partial charge in [-0.1, -0.05) is 11.8 Å². The zero-order chi connectivity index (χ0) is 16.5. The molecule has 1 aromatic carbocycles. The number of carbonyl (C=O) groups is 2. The molecular formula is C16H20N2O4. The molecule has 0 bridgehead atoms. The van der Waals surface area contributed by atoms with Crippen LogP contribution < -0.4 is 10.6 Å². The first-order valence-corrected chi connectivity index (χ1v) is 6.85. The lowest BCUT2D eigenvalue weighted by Crippen LogP contribution is -2.48. The molecule has 1 amide bonds. The zero-order valence-electron chi connectivity index (χ0n) is 12.6. The van der Waals surface area contributed by atoms with E-state index in [4.69, 9.17) is 5.11 Å². The van der Waals surface area contributed by atoms with E-state index in [1.165, 1.54) is 6.92 Å². The minimum atomic E-state index is -1.13. The summed E-state index contributed by atoms with van der Waals surface area (Å²) in [6.07, 6.45) is -1.09. The smallest absolute Gasteiger partial charge is 0.251 e. The maximum Gasteiger partial charge on any atom is 0.251 e. The number of hydrogen-bond donors (Lipinski definition) is 4. The van der Waals surface area contributed by atoms with Gasteiger partial charge in [-0.05, 0) is 38.2 Å². The van der Waals surface area contributed by atoms with Gasteiger partial charge in [0.25, 0.3) is 5.91 Å². The number of Topliss-reactive ketones (excluding diaryl/α,β-unsaturated/α-hetero) is 1. The van der Waals surface area contributed by atoms with E-state index in [9.17, 15) is 14.7 Å². The lowest BCUT2D eigenvalue weighted by molar-refractivity contribution is -0.125. The van der Waals surface area contributed by atoms with E-state index in [0.717, 1.165) is 5.56 Å². The molecule has 0 aliphatic carbocycles. The molecule has 0 saturated carbocycles. The van der Waals surface area contributed by atoms with E-state index < -0.39 is 30.4 Å². The summed E-state index contributed by atoms with van der Waals surface area (Å²) < 4.78 is 0. The van der Waals surface area contributed by atoms with E-state index in [0.29, 0.717) is 12.1 Å². The number of ketones is 1. The second-order valence-electron chi connectivity index (χ2n) is 4.73. The summed E-state index contributed by atoms with van der Waals surface area (Å²) in [6.45, 7) is 1.20. The Hall–Kier alpha value is -2.20. The summed E-state index contributed by atoms with van der Waals surface area (Å²) in [6, 6.07) is 5.43. The minimum absolute atomic E-state index is 0.343. The number of carbonyl (C=O) groups excluding carboxylic acids is 2. The number of aliphatic hydroxyl groups is 2. The van der Waals surface area contributed by atoms with Gasteiger partial charge in [0.15, 0.2) is 5.78 Å². The van der Waals surface area contributed by atoms with Crippen LogP contribution >= 0.6 is 0 Å². The molecule has 1 aromatic rings. The van der Waals surface area contributed by atoms with Gasteiger partial charge in [-0.25, -0.2) is 0 Å². The molecule has 6 heteroatoms. The van der Waals surface area contributed by atoms with Gasteiger partial charge in [0.1, 0.15) is 12.6 Å². The van der Waals surface area contributed by atoms with Gasteiger partial charge < -0.3 is 20.8 Å². The van der Waals surface area contributed by atoms with Crippen molar-refractivity contribution in [2.45, 2.75) is 19.1 Å². The highest BCUT2D eigenvalue weighted by molar-refractivity contribution is 5.98. The summed E-state index contributed by atoms with van der Waals surface area (Å²) in [4.78, 5) is 23.5. The number of rotatable bonds is 6. The average Bonchev–Trinajstić information content (AvgIpc) is 2.52. The Kier molecular flexibility index (Phi) is 7.26. The first-order valence-electron chi connectivity index (χ1n) is 6.85. The molecule has 0 radical (unpaired) electrons. The highest BCUT2D eigenvalue weighted by atomic mass is 16.3. The largest absolute Gasteiger partial charge is 0.391 e. The molecule has 0 aromatic heterocycles. The number of aliphatic hydroxyl groups excluding tert-OH is 2. The van der Waals surface area contributed by atoms with E-state index in [-0.39, 0.29) is 0 Å². The zero-order valence-corrected chi connectivity index (χ0v) is 12.6. The van der Waals surface area contributed by atoms with Crippen LogP contribution in [0.2, 0.25) is 0 Å². The van der Waals surface area contributed by atoms with Crippen LogP contribution in [0.4, 0.5) is 0 Å². The van der Waals surface area contributed by atoms with Crippen molar-refractivity contribution in [3.8, 4) is 11.8 Å². The SMILES string of the molecule is CNCC#Cc1ccc(C(=O)N[C@H](C(=O)CO)[C@@H](C)O)cc1. The maximum absolute atomic E-state index is 12.0. The second-order valence-corrected chi connectivity index (χ2v) is 4.73. The highest BCUT2D eigenvalue weighted by Gasteiger charge is 2.25. The molecule has 4 N–H and O–H groups in total. The monoisotopic (exact) mass is 304 g/mol. The molecule has 22 heavy (non-hydrogen) atoms. The minimum Gasteiger partial charge on any atom is -0.391 e. The Morgan fingerprint density at radius 2 is 1.91 bits per heavy atom. The maximum atomic E-state index is 12.0. The summed E-state index contributed by atoms with van der Waals surface area (Å²) in [5.41, 5.74) is 1.11. The van der Waals surface area contributed by atoms with Crippen molar-refractivity contribution in [1.29, 1.82) is 0 Å². The fourth-order valence-corrected chi connectivity index (χ4v) is 1.73. The number of nitrogens with one attached hydrogen (secondary N) is 2. The lowest BCUT2D eigenvalue weighted by atomic mass is 10.1. The highest BCUT2D eigenvalue weighted by Crippen LogP contribution is 2.05. The van der Waals surface area contributed by atoms with Crippen molar-refractivity contribution >= 4 is 11.7 Å². The van der Waals surface area contributed by atoms with Gasteiger partial charge in [-0.3, -0.25) is 9.59 Å². The molecule has 2 atom stereocenters. The van der Waals surface area contributed by atoms with E-state index in [2.05, 4.69) is 22.5 Å². The van der Waals surface area contributed by atoms with Crippen molar-refractivity contribution in [2.24, 2.45) is 0 Å². The van der Waals surface area contributed by atoms with Crippen LogP contribution in [0.1, 0.15) is 22.8 Å². The first-order chi connectivity index (χ1) is 10.5. The van der Waals surface area contributed by atoms with Crippen LogP contribution in [-0.2, 0) is 4.79 Å². The summed E-state index contributed by atoms with van der Waals surface area (Å²) in [5.74, 6) is 4.69. The van der Waals surface area contributed by atoms with Crippen molar-refractivity contribution in [3.05, 3.63) is 35.4 Å². The molecule has 0 aliphatic rings. The second kappa shape index (κ2) is 8.95.